The number of carbonyl (C=O) groups excluding carboxylic acids is 1. The predicted molar refractivity (Wildman–Crippen MR) is 83.0 cm³/mol. The number of ketones is 1. The predicted octanol–water partition coefficient (Wildman–Crippen LogP) is 5.12. The summed E-state index contributed by atoms with van der Waals surface area (Å²) in [7, 11) is 0. The van der Waals surface area contributed by atoms with Gasteiger partial charge < -0.3 is 0 Å². The molecule has 0 N–H and O–H groups in total. The van der Waals surface area contributed by atoms with Crippen LogP contribution < -0.4 is 0 Å². The first-order valence-electron chi connectivity index (χ1n) is 5.55. The van der Waals surface area contributed by atoms with Crippen molar-refractivity contribution in [2.24, 2.45) is 0 Å². The molecule has 0 bridgehead atoms. The SMILES string of the molecule is Cc1csc(SC(C)C(=O)c2ccc(Cl)cc2Cl)n1. The van der Waals surface area contributed by atoms with Crippen molar-refractivity contribution in [1.82, 2.24) is 4.98 Å². The molecule has 100 valence electrons. The number of halogens is 2. The van der Waals surface area contributed by atoms with E-state index in [9.17, 15) is 4.79 Å². The van der Waals surface area contributed by atoms with E-state index in [1.165, 1.54) is 11.8 Å². The van der Waals surface area contributed by atoms with E-state index in [2.05, 4.69) is 4.98 Å². The van der Waals surface area contributed by atoms with Crippen LogP contribution >= 0.6 is 46.3 Å². The smallest absolute Gasteiger partial charge is 0.177 e. The number of carbonyl (C=O) groups is 1. The maximum atomic E-state index is 12.3. The maximum Gasteiger partial charge on any atom is 0.177 e. The Morgan fingerprint density at radius 2 is 2.16 bits per heavy atom. The van der Waals surface area contributed by atoms with E-state index in [0.717, 1.165) is 10.0 Å². The Balaban J connectivity index is 2.14. The van der Waals surface area contributed by atoms with Crippen molar-refractivity contribution in [3.63, 3.8) is 0 Å². The van der Waals surface area contributed by atoms with Crippen molar-refractivity contribution >= 4 is 52.1 Å². The molecule has 0 saturated heterocycles. The highest BCUT2D eigenvalue weighted by Crippen LogP contribution is 2.30. The third-order valence-corrected chi connectivity index (χ3v) is 5.18. The lowest BCUT2D eigenvalue weighted by Gasteiger charge is -2.09. The van der Waals surface area contributed by atoms with Gasteiger partial charge in [-0.2, -0.15) is 0 Å². The second-order valence-corrected chi connectivity index (χ2v) is 7.29. The molecule has 0 aliphatic carbocycles. The van der Waals surface area contributed by atoms with Crippen molar-refractivity contribution in [2.45, 2.75) is 23.4 Å². The second kappa shape index (κ2) is 6.27. The average molecular weight is 332 g/mol. The number of rotatable bonds is 4. The van der Waals surface area contributed by atoms with Gasteiger partial charge in [0, 0.05) is 21.7 Å². The second-order valence-electron chi connectivity index (χ2n) is 4.00. The van der Waals surface area contributed by atoms with Crippen molar-refractivity contribution in [3.05, 3.63) is 44.9 Å². The van der Waals surface area contributed by atoms with Gasteiger partial charge in [-0.05, 0) is 32.0 Å². The molecule has 0 aliphatic heterocycles. The molecular weight excluding hydrogens is 321 g/mol. The first-order chi connectivity index (χ1) is 8.97. The van der Waals surface area contributed by atoms with Gasteiger partial charge >= 0.3 is 0 Å². The number of Topliss-reactive ketones (excluding diaryl/α,β-unsaturated/α-hetero) is 1. The molecule has 0 aliphatic rings. The number of benzene rings is 1. The molecule has 19 heavy (non-hydrogen) atoms. The van der Waals surface area contributed by atoms with E-state index in [-0.39, 0.29) is 11.0 Å². The van der Waals surface area contributed by atoms with Crippen LogP contribution in [-0.2, 0) is 0 Å². The summed E-state index contributed by atoms with van der Waals surface area (Å²) >= 11 is 14.9. The third-order valence-electron chi connectivity index (χ3n) is 2.44. The Morgan fingerprint density at radius 1 is 1.42 bits per heavy atom. The minimum Gasteiger partial charge on any atom is -0.293 e. The number of thioether (sulfide) groups is 1. The minimum atomic E-state index is -0.232. The summed E-state index contributed by atoms with van der Waals surface area (Å²) in [5.41, 5.74) is 1.47. The summed E-state index contributed by atoms with van der Waals surface area (Å²) in [5, 5.41) is 2.65. The largest absolute Gasteiger partial charge is 0.293 e. The van der Waals surface area contributed by atoms with Crippen LogP contribution in [0.25, 0.3) is 0 Å². The van der Waals surface area contributed by atoms with Gasteiger partial charge in [0.25, 0.3) is 0 Å². The van der Waals surface area contributed by atoms with Gasteiger partial charge in [-0.3, -0.25) is 4.79 Å². The van der Waals surface area contributed by atoms with Crippen LogP contribution in [0.4, 0.5) is 0 Å². The summed E-state index contributed by atoms with van der Waals surface area (Å²) in [6, 6.07) is 4.92. The number of aromatic nitrogens is 1. The van der Waals surface area contributed by atoms with E-state index in [1.807, 2.05) is 19.2 Å². The van der Waals surface area contributed by atoms with Crippen molar-refractivity contribution in [2.75, 3.05) is 0 Å². The van der Waals surface area contributed by atoms with Crippen LogP contribution in [0.3, 0.4) is 0 Å². The van der Waals surface area contributed by atoms with Crippen molar-refractivity contribution in [3.8, 4) is 0 Å². The van der Waals surface area contributed by atoms with E-state index in [1.54, 1.807) is 29.5 Å². The van der Waals surface area contributed by atoms with Crippen LogP contribution in [0.1, 0.15) is 23.0 Å². The van der Waals surface area contributed by atoms with Crippen LogP contribution in [0.5, 0.6) is 0 Å². The number of hydrogen-bond acceptors (Lipinski definition) is 4. The van der Waals surface area contributed by atoms with Gasteiger partial charge in [0.2, 0.25) is 0 Å². The Bertz CT molecular complexity index is 612. The van der Waals surface area contributed by atoms with Gasteiger partial charge in [-0.1, -0.05) is 35.0 Å². The molecular formula is C13H11Cl2NOS2. The Morgan fingerprint density at radius 3 is 2.74 bits per heavy atom. The lowest BCUT2D eigenvalue weighted by molar-refractivity contribution is 0.0994. The number of thiazole rings is 1. The first kappa shape index (κ1) is 14.9. The average Bonchev–Trinajstić information content (AvgIpc) is 2.74. The van der Waals surface area contributed by atoms with Gasteiger partial charge in [0.15, 0.2) is 10.1 Å². The van der Waals surface area contributed by atoms with Crippen LogP contribution in [-0.4, -0.2) is 16.0 Å². The molecule has 2 rings (SSSR count). The van der Waals surface area contributed by atoms with E-state index in [0.29, 0.717) is 15.6 Å². The molecule has 1 atom stereocenters. The molecule has 0 amide bonds. The minimum absolute atomic E-state index is 0.0143. The first-order valence-corrected chi connectivity index (χ1v) is 8.07. The Labute approximate surface area is 130 Å². The fraction of sp³-hybridized carbons (Fsp3) is 0.231. The molecule has 1 aromatic carbocycles. The van der Waals surface area contributed by atoms with E-state index < -0.39 is 0 Å². The topological polar surface area (TPSA) is 30.0 Å². The normalized spacial score (nSPS) is 12.4. The molecule has 2 nitrogen and oxygen atoms in total. The van der Waals surface area contributed by atoms with Gasteiger partial charge in [-0.25, -0.2) is 4.98 Å². The highest BCUT2D eigenvalue weighted by atomic mass is 35.5. The maximum absolute atomic E-state index is 12.3. The zero-order chi connectivity index (χ0) is 14.0. The monoisotopic (exact) mass is 331 g/mol. The molecule has 6 heteroatoms. The van der Waals surface area contributed by atoms with E-state index in [4.69, 9.17) is 23.2 Å². The molecule has 0 fully saturated rings. The highest BCUT2D eigenvalue weighted by molar-refractivity contribution is 8.02. The summed E-state index contributed by atoms with van der Waals surface area (Å²) < 4.78 is 0.892. The number of hydrogen-bond donors (Lipinski definition) is 0. The van der Waals surface area contributed by atoms with Gasteiger partial charge in [0.05, 0.1) is 10.3 Å². The van der Waals surface area contributed by atoms with Gasteiger partial charge in [0.1, 0.15) is 0 Å². The Hall–Kier alpha value is -0.550. The Kier molecular flexibility index (Phi) is 4.90. The van der Waals surface area contributed by atoms with Gasteiger partial charge in [-0.15, -0.1) is 11.3 Å². The fourth-order valence-corrected chi connectivity index (χ4v) is 4.05. The van der Waals surface area contributed by atoms with E-state index >= 15 is 0 Å². The number of aryl methyl sites for hydroxylation is 1. The molecule has 1 aromatic heterocycles. The summed E-state index contributed by atoms with van der Waals surface area (Å²) in [5.74, 6) is -0.0143. The fourth-order valence-electron chi connectivity index (χ4n) is 1.50. The molecule has 0 spiro atoms. The number of nitrogens with zero attached hydrogens (tertiary/aromatic N) is 1. The highest BCUT2D eigenvalue weighted by Gasteiger charge is 2.20. The zero-order valence-electron chi connectivity index (χ0n) is 10.3. The standard InChI is InChI=1S/C13H11Cl2NOS2/c1-7-6-18-13(16-7)19-8(2)12(17)10-4-3-9(14)5-11(10)15/h3-6,8H,1-2H3. The van der Waals surface area contributed by atoms with Crippen LogP contribution in [0.2, 0.25) is 10.0 Å². The summed E-state index contributed by atoms with van der Waals surface area (Å²) in [4.78, 5) is 16.7. The lowest BCUT2D eigenvalue weighted by Crippen LogP contribution is -2.13. The quantitative estimate of drug-likeness (QED) is 0.575. The third kappa shape index (κ3) is 3.72. The van der Waals surface area contributed by atoms with Crippen molar-refractivity contribution < 1.29 is 4.79 Å². The molecule has 0 radical (unpaired) electrons. The summed E-state index contributed by atoms with van der Waals surface area (Å²) in [6.07, 6.45) is 0. The van der Waals surface area contributed by atoms with Crippen LogP contribution in [0.15, 0.2) is 27.9 Å². The zero-order valence-corrected chi connectivity index (χ0v) is 13.5. The van der Waals surface area contributed by atoms with Crippen molar-refractivity contribution in [1.29, 1.82) is 0 Å². The van der Waals surface area contributed by atoms with Crippen LogP contribution in [0, 0.1) is 6.92 Å². The molecule has 1 unspecified atom stereocenters. The lowest BCUT2D eigenvalue weighted by atomic mass is 10.1. The summed E-state index contributed by atoms with van der Waals surface area (Å²) in [6.45, 7) is 3.79. The molecule has 1 heterocycles. The molecule has 0 saturated carbocycles. The molecule has 2 aromatic rings.